The van der Waals surface area contributed by atoms with Gasteiger partial charge in [0.05, 0.1) is 0 Å². The lowest BCUT2D eigenvalue weighted by Crippen LogP contribution is -2.09. The van der Waals surface area contributed by atoms with E-state index in [-0.39, 0.29) is 0 Å². The molecule has 6 aromatic rings. The molecule has 186 valence electrons. The van der Waals surface area contributed by atoms with E-state index in [2.05, 4.69) is 181 Å². The molecule has 0 saturated carbocycles. The molecule has 0 fully saturated rings. The summed E-state index contributed by atoms with van der Waals surface area (Å²) >= 11 is 0. The fourth-order valence-electron chi connectivity index (χ4n) is 5.01. The van der Waals surface area contributed by atoms with E-state index in [1.165, 1.54) is 27.5 Å². The summed E-state index contributed by atoms with van der Waals surface area (Å²) in [6.07, 6.45) is 6.56. The molecule has 39 heavy (non-hydrogen) atoms. The summed E-state index contributed by atoms with van der Waals surface area (Å²) in [6.45, 7) is 0. The highest BCUT2D eigenvalue weighted by atomic mass is 15.1. The van der Waals surface area contributed by atoms with Crippen LogP contribution in [0.3, 0.4) is 0 Å². The fraction of sp³-hybridized carbons (Fsp3) is 0. The van der Waals surface area contributed by atoms with Crippen molar-refractivity contribution in [1.29, 1.82) is 0 Å². The Morgan fingerprint density at radius 1 is 0.462 bits per heavy atom. The lowest BCUT2D eigenvalue weighted by atomic mass is 9.93. The number of fused-ring (bicyclic) bond motifs is 1. The third kappa shape index (κ3) is 5.44. The van der Waals surface area contributed by atoms with E-state index in [4.69, 9.17) is 0 Å². The average molecular weight is 500 g/mol. The minimum absolute atomic E-state index is 1.13. The molecule has 0 bridgehead atoms. The second-order valence-electron chi connectivity index (χ2n) is 9.43. The molecule has 0 aromatic heterocycles. The van der Waals surface area contributed by atoms with Gasteiger partial charge in [-0.2, -0.15) is 0 Å². The van der Waals surface area contributed by atoms with Gasteiger partial charge in [0, 0.05) is 17.1 Å². The molecule has 0 aliphatic rings. The molecule has 0 atom stereocenters. The number of benzene rings is 6. The van der Waals surface area contributed by atoms with Crippen LogP contribution < -0.4 is 4.90 Å². The van der Waals surface area contributed by atoms with Crippen molar-refractivity contribution in [3.05, 3.63) is 187 Å². The van der Waals surface area contributed by atoms with Gasteiger partial charge in [0.25, 0.3) is 0 Å². The zero-order chi connectivity index (χ0) is 26.3. The van der Waals surface area contributed by atoms with E-state index in [0.717, 1.165) is 22.6 Å². The second-order valence-corrected chi connectivity index (χ2v) is 9.43. The van der Waals surface area contributed by atoms with Gasteiger partial charge in [0.15, 0.2) is 0 Å². The van der Waals surface area contributed by atoms with Gasteiger partial charge in [0.2, 0.25) is 0 Å². The summed E-state index contributed by atoms with van der Waals surface area (Å²) in [5.41, 5.74) is 8.20. The Morgan fingerprint density at radius 3 is 1.67 bits per heavy atom. The Labute approximate surface area is 230 Å². The maximum atomic E-state index is 2.28. The summed E-state index contributed by atoms with van der Waals surface area (Å²) < 4.78 is 0. The first-order valence-electron chi connectivity index (χ1n) is 13.3. The highest BCUT2D eigenvalue weighted by Crippen LogP contribution is 2.34. The van der Waals surface area contributed by atoms with Crippen LogP contribution in [0.25, 0.3) is 22.4 Å². The van der Waals surface area contributed by atoms with Crippen LogP contribution in [0.1, 0.15) is 16.7 Å². The Morgan fingerprint density at radius 2 is 1.00 bits per heavy atom. The monoisotopic (exact) mass is 499 g/mol. The van der Waals surface area contributed by atoms with Crippen LogP contribution in [0.2, 0.25) is 0 Å². The number of allylic oxidation sites excluding steroid dienone is 2. The van der Waals surface area contributed by atoms with E-state index in [1.54, 1.807) is 0 Å². The van der Waals surface area contributed by atoms with Gasteiger partial charge >= 0.3 is 0 Å². The normalized spacial score (nSPS) is 11.6. The Hall–Kier alpha value is -5.14. The molecule has 1 nitrogen and oxygen atoms in total. The first kappa shape index (κ1) is 24.2. The fourth-order valence-corrected chi connectivity index (χ4v) is 5.01. The van der Waals surface area contributed by atoms with Crippen molar-refractivity contribution in [2.24, 2.45) is 0 Å². The van der Waals surface area contributed by atoms with Crippen molar-refractivity contribution in [3.63, 3.8) is 0 Å². The molecule has 0 saturated heterocycles. The maximum Gasteiger partial charge on any atom is 0.0462 e. The summed E-state index contributed by atoms with van der Waals surface area (Å²) in [4.78, 5) is 2.28. The number of hydrogen-bond donors (Lipinski definition) is 0. The lowest BCUT2D eigenvalue weighted by molar-refractivity contribution is 1.28. The summed E-state index contributed by atoms with van der Waals surface area (Å²) in [7, 11) is 0. The number of hydrogen-bond acceptors (Lipinski definition) is 1. The van der Waals surface area contributed by atoms with Crippen LogP contribution in [-0.4, -0.2) is 0 Å². The molecule has 0 heterocycles. The predicted octanol–water partition coefficient (Wildman–Crippen LogP) is 10.5. The van der Waals surface area contributed by atoms with Crippen molar-refractivity contribution < 1.29 is 0 Å². The summed E-state index contributed by atoms with van der Waals surface area (Å²) in [5.74, 6) is 0. The number of rotatable bonds is 7. The molecular weight excluding hydrogens is 470 g/mol. The highest BCUT2D eigenvalue weighted by Gasteiger charge is 2.11. The number of para-hydroxylation sites is 2. The largest absolute Gasteiger partial charge is 0.311 e. The van der Waals surface area contributed by atoms with E-state index >= 15 is 0 Å². The molecule has 0 amide bonds. The smallest absolute Gasteiger partial charge is 0.0462 e. The van der Waals surface area contributed by atoms with Crippen molar-refractivity contribution in [3.8, 4) is 0 Å². The van der Waals surface area contributed by atoms with Crippen LogP contribution in [0, 0.1) is 0 Å². The second kappa shape index (κ2) is 11.5. The summed E-state index contributed by atoms with van der Waals surface area (Å²) in [5, 5.41) is 2.51. The minimum atomic E-state index is 1.13. The zero-order valence-corrected chi connectivity index (χ0v) is 21.7. The SMILES string of the molecule is C(=C\c1ccc(N(c2ccccc2)c2ccccc2)cc1)/C=C(\c1ccccc1)c1cccc2ccccc12. The molecule has 0 unspecified atom stereocenters. The molecule has 0 N–H and O–H groups in total. The standard InChI is InChI=1S/C38H29N/c1-4-15-31(16-5-1)37(38-25-13-18-32-17-10-11-23-36(32)38)24-12-14-30-26-28-35(29-27-30)39(33-19-6-2-7-20-33)34-21-8-3-9-22-34/h1-29H/b14-12+,37-24+. The van der Waals surface area contributed by atoms with Crippen LogP contribution in [0.15, 0.2) is 170 Å². The zero-order valence-electron chi connectivity index (χ0n) is 21.7. The quantitative estimate of drug-likeness (QED) is 0.197. The van der Waals surface area contributed by atoms with Gasteiger partial charge in [0.1, 0.15) is 0 Å². The Kier molecular flexibility index (Phi) is 7.14. The Bertz CT molecular complexity index is 1670. The minimum Gasteiger partial charge on any atom is -0.311 e. The molecular formula is C38H29N. The van der Waals surface area contributed by atoms with Gasteiger partial charge in [-0.3, -0.25) is 0 Å². The van der Waals surface area contributed by atoms with Crippen LogP contribution in [0.5, 0.6) is 0 Å². The van der Waals surface area contributed by atoms with Gasteiger partial charge < -0.3 is 4.90 Å². The molecule has 0 aliphatic heterocycles. The summed E-state index contributed by atoms with van der Waals surface area (Å²) in [6, 6.07) is 55.5. The van der Waals surface area contributed by atoms with Crippen LogP contribution >= 0.6 is 0 Å². The van der Waals surface area contributed by atoms with Gasteiger partial charge in [-0.05, 0) is 69.4 Å². The van der Waals surface area contributed by atoms with Crippen molar-refractivity contribution in [1.82, 2.24) is 0 Å². The third-order valence-corrected chi connectivity index (χ3v) is 6.90. The lowest BCUT2D eigenvalue weighted by Gasteiger charge is -2.25. The van der Waals surface area contributed by atoms with E-state index < -0.39 is 0 Å². The van der Waals surface area contributed by atoms with Crippen molar-refractivity contribution in [2.45, 2.75) is 0 Å². The van der Waals surface area contributed by atoms with E-state index in [1.807, 2.05) is 0 Å². The van der Waals surface area contributed by atoms with Gasteiger partial charge in [-0.15, -0.1) is 0 Å². The van der Waals surface area contributed by atoms with Crippen LogP contribution in [-0.2, 0) is 0 Å². The molecule has 0 radical (unpaired) electrons. The van der Waals surface area contributed by atoms with E-state index in [0.29, 0.717) is 0 Å². The first-order chi connectivity index (χ1) is 19.4. The van der Waals surface area contributed by atoms with Gasteiger partial charge in [-0.25, -0.2) is 0 Å². The topological polar surface area (TPSA) is 3.24 Å². The molecule has 0 aliphatic carbocycles. The molecule has 1 heteroatoms. The predicted molar refractivity (Wildman–Crippen MR) is 168 cm³/mol. The third-order valence-electron chi connectivity index (χ3n) is 6.90. The average Bonchev–Trinajstić information content (AvgIpc) is 3.02. The van der Waals surface area contributed by atoms with Crippen molar-refractivity contribution >= 4 is 39.5 Å². The highest BCUT2D eigenvalue weighted by molar-refractivity contribution is 5.98. The molecule has 6 rings (SSSR count). The molecule has 0 spiro atoms. The Balaban J connectivity index is 1.33. The number of nitrogens with zero attached hydrogens (tertiary/aromatic N) is 1. The maximum absolute atomic E-state index is 2.28. The van der Waals surface area contributed by atoms with E-state index in [9.17, 15) is 0 Å². The first-order valence-corrected chi connectivity index (χ1v) is 13.3. The van der Waals surface area contributed by atoms with Crippen molar-refractivity contribution in [2.75, 3.05) is 4.90 Å². The number of anilines is 3. The van der Waals surface area contributed by atoms with Gasteiger partial charge in [-0.1, -0.05) is 140 Å². The molecule has 6 aromatic carbocycles. The van der Waals surface area contributed by atoms with Crippen LogP contribution in [0.4, 0.5) is 17.1 Å².